The van der Waals surface area contributed by atoms with Crippen molar-refractivity contribution in [2.75, 3.05) is 32.7 Å². The maximum absolute atomic E-state index is 12.8. The molecule has 1 saturated carbocycles. The molecule has 1 atom stereocenters. The highest BCUT2D eigenvalue weighted by Gasteiger charge is 2.37. The fraction of sp³-hybridized carbons (Fsp3) is 0.545. The van der Waals surface area contributed by atoms with E-state index < -0.39 is 6.10 Å². The number of carbonyl (C=O) groups is 2. The Kier molecular flexibility index (Phi) is 9.51. The van der Waals surface area contributed by atoms with E-state index in [0.29, 0.717) is 36.4 Å². The second-order valence-electron chi connectivity index (χ2n) is 12.5. The number of rotatable bonds is 11. The minimum Gasteiger partial charge on any atom is -0.485 e. The van der Waals surface area contributed by atoms with Gasteiger partial charge in [-0.1, -0.05) is 6.07 Å². The Labute approximate surface area is 258 Å². The average molecular weight is 603 g/mol. The van der Waals surface area contributed by atoms with Gasteiger partial charge in [-0.25, -0.2) is 15.0 Å². The average Bonchev–Trinajstić information content (AvgIpc) is 3.55. The third-order valence-electron chi connectivity index (χ3n) is 9.25. The molecule has 234 valence electrons. The van der Waals surface area contributed by atoms with Gasteiger partial charge in [0.2, 0.25) is 5.91 Å². The third kappa shape index (κ3) is 7.27. The summed E-state index contributed by atoms with van der Waals surface area (Å²) in [5, 5.41) is 13.6. The Bertz CT molecular complexity index is 1430. The number of nitrogens with zero attached hydrogens (tertiary/aromatic N) is 5. The molecule has 3 aromatic rings. The zero-order valence-corrected chi connectivity index (χ0v) is 25.4. The zero-order chi connectivity index (χ0) is 30.5. The number of hydrogen-bond acceptors (Lipinski definition) is 9. The van der Waals surface area contributed by atoms with E-state index in [1.807, 2.05) is 11.0 Å². The Morgan fingerprint density at radius 3 is 2.80 bits per heavy atom. The van der Waals surface area contributed by atoms with E-state index in [4.69, 9.17) is 9.15 Å². The van der Waals surface area contributed by atoms with E-state index in [-0.39, 0.29) is 18.4 Å². The molecule has 0 unspecified atom stereocenters. The number of nitrogens with one attached hydrogen (secondary N) is 1. The van der Waals surface area contributed by atoms with Crippen LogP contribution >= 0.6 is 0 Å². The van der Waals surface area contributed by atoms with Gasteiger partial charge in [0.25, 0.3) is 5.91 Å². The molecule has 6 rings (SSSR count). The van der Waals surface area contributed by atoms with Crippen molar-refractivity contribution in [3.63, 3.8) is 0 Å². The van der Waals surface area contributed by atoms with Crippen LogP contribution in [0.5, 0.6) is 5.75 Å². The number of aliphatic hydroxyl groups is 1. The maximum atomic E-state index is 12.8. The molecule has 44 heavy (non-hydrogen) atoms. The van der Waals surface area contributed by atoms with Crippen LogP contribution in [0.1, 0.15) is 70.7 Å². The molecule has 11 nitrogen and oxygen atoms in total. The first-order valence-corrected chi connectivity index (χ1v) is 15.8. The number of aromatic nitrogens is 3. The van der Waals surface area contributed by atoms with Gasteiger partial charge in [-0.05, 0) is 86.6 Å². The van der Waals surface area contributed by atoms with Gasteiger partial charge >= 0.3 is 0 Å². The van der Waals surface area contributed by atoms with Gasteiger partial charge in [0.05, 0.1) is 12.3 Å². The number of fused-ring (bicyclic) bond motifs is 1. The first-order valence-electron chi connectivity index (χ1n) is 15.8. The molecule has 3 aliphatic rings. The van der Waals surface area contributed by atoms with Gasteiger partial charge in [0.15, 0.2) is 12.2 Å². The number of carbonyl (C=O) groups excluding carboxylic acids is 2. The maximum Gasteiger partial charge on any atom is 0.270 e. The number of benzene rings is 1. The van der Waals surface area contributed by atoms with E-state index in [9.17, 15) is 14.7 Å². The van der Waals surface area contributed by atoms with Crippen molar-refractivity contribution in [1.82, 2.24) is 30.1 Å². The van der Waals surface area contributed by atoms with Crippen molar-refractivity contribution in [3.05, 3.63) is 71.0 Å². The number of β-amino-alcohol motifs (C(OH)–C–C–N with tert-alkyl or cyclic N) is 1. The smallest absolute Gasteiger partial charge is 0.270 e. The molecule has 11 heteroatoms. The molecule has 2 aliphatic heterocycles. The molecule has 4 heterocycles. The Balaban J connectivity index is 0.932. The molecule has 2 N–H and O–H groups in total. The van der Waals surface area contributed by atoms with Crippen LogP contribution in [0.15, 0.2) is 41.5 Å². The van der Waals surface area contributed by atoms with Crippen LogP contribution in [-0.4, -0.2) is 80.5 Å². The Morgan fingerprint density at radius 1 is 1.16 bits per heavy atom. The molecule has 2 fully saturated rings. The van der Waals surface area contributed by atoms with Crippen LogP contribution in [-0.2, 0) is 30.8 Å². The number of hydrogen-bond donors (Lipinski definition) is 2. The number of piperidine rings is 1. The Morgan fingerprint density at radius 2 is 2.00 bits per heavy atom. The van der Waals surface area contributed by atoms with Gasteiger partial charge in [-0.3, -0.25) is 14.5 Å². The summed E-state index contributed by atoms with van der Waals surface area (Å²) in [5.74, 6) is 2.03. The highest BCUT2D eigenvalue weighted by atomic mass is 16.5. The quantitative estimate of drug-likeness (QED) is 0.340. The summed E-state index contributed by atoms with van der Waals surface area (Å²) in [5.41, 5.74) is 4.74. The number of ether oxygens (including phenoxy) is 1. The lowest BCUT2D eigenvalue weighted by atomic mass is 9.72. The summed E-state index contributed by atoms with van der Waals surface area (Å²) in [7, 11) is 0. The van der Waals surface area contributed by atoms with Crippen LogP contribution in [0.2, 0.25) is 0 Å². The molecular formula is C33H42N6O5. The Hall–Kier alpha value is -3.83. The van der Waals surface area contributed by atoms with Crippen molar-refractivity contribution in [2.45, 2.75) is 71.1 Å². The summed E-state index contributed by atoms with van der Waals surface area (Å²) in [6.07, 6.45) is 10.6. The zero-order valence-electron chi connectivity index (χ0n) is 25.4. The van der Waals surface area contributed by atoms with Gasteiger partial charge in [-0.15, -0.1) is 0 Å². The van der Waals surface area contributed by atoms with E-state index >= 15 is 0 Å². The van der Waals surface area contributed by atoms with Crippen LogP contribution in [0.4, 0.5) is 0 Å². The molecular weight excluding hydrogens is 560 g/mol. The summed E-state index contributed by atoms with van der Waals surface area (Å²) < 4.78 is 11.2. The number of amides is 2. The van der Waals surface area contributed by atoms with Crippen LogP contribution in [0.3, 0.4) is 0 Å². The first-order chi connectivity index (χ1) is 21.4. The highest BCUT2D eigenvalue weighted by molar-refractivity contribution is 5.92. The first kappa shape index (κ1) is 30.2. The van der Waals surface area contributed by atoms with Crippen molar-refractivity contribution in [2.24, 2.45) is 11.8 Å². The molecule has 0 radical (unpaired) electrons. The molecule has 0 bridgehead atoms. The SMILES string of the molecule is Cc1c(OCc2cnco2)ccc2c1CCN(C[C@@H](O)CNC(=O)c1cc(CC3CC(C(=O)N4CCCCC4)C3)ncn1)C2. The monoisotopic (exact) mass is 602 g/mol. The van der Waals surface area contributed by atoms with Crippen molar-refractivity contribution >= 4 is 11.8 Å². The van der Waals surface area contributed by atoms with E-state index in [1.54, 1.807) is 12.3 Å². The summed E-state index contributed by atoms with van der Waals surface area (Å²) in [6, 6.07) is 5.80. The summed E-state index contributed by atoms with van der Waals surface area (Å²) >= 11 is 0. The van der Waals surface area contributed by atoms with Gasteiger partial charge < -0.3 is 24.5 Å². The summed E-state index contributed by atoms with van der Waals surface area (Å²) in [4.78, 5) is 42.3. The molecule has 2 amide bonds. The predicted molar refractivity (Wildman–Crippen MR) is 162 cm³/mol. The minimum atomic E-state index is -0.711. The lowest BCUT2D eigenvalue weighted by Gasteiger charge is -2.38. The number of oxazole rings is 1. The normalized spacial score (nSPS) is 20.8. The van der Waals surface area contributed by atoms with E-state index in [2.05, 4.69) is 38.2 Å². The van der Waals surface area contributed by atoms with Crippen molar-refractivity contribution < 1.29 is 23.8 Å². The third-order valence-corrected chi connectivity index (χ3v) is 9.25. The van der Waals surface area contributed by atoms with Crippen LogP contribution in [0.25, 0.3) is 0 Å². The van der Waals surface area contributed by atoms with Crippen molar-refractivity contribution in [3.8, 4) is 5.75 Å². The number of aliphatic hydroxyl groups excluding tert-OH is 1. The largest absolute Gasteiger partial charge is 0.485 e. The molecule has 0 spiro atoms. The number of likely N-dealkylation sites (tertiary alicyclic amines) is 1. The van der Waals surface area contributed by atoms with Crippen LogP contribution < -0.4 is 10.1 Å². The highest BCUT2D eigenvalue weighted by Crippen LogP contribution is 2.37. The van der Waals surface area contributed by atoms with E-state index in [1.165, 1.54) is 30.3 Å². The van der Waals surface area contributed by atoms with Crippen molar-refractivity contribution in [1.29, 1.82) is 0 Å². The topological polar surface area (TPSA) is 134 Å². The predicted octanol–water partition coefficient (Wildman–Crippen LogP) is 3.08. The van der Waals surface area contributed by atoms with Crippen LogP contribution in [0, 0.1) is 18.8 Å². The molecule has 2 aromatic heterocycles. The molecule has 1 saturated heterocycles. The minimum absolute atomic E-state index is 0.129. The standard InChI is InChI=1S/C33H42N6O5/c1-22-29-7-10-38(17-24(29)5-6-31(22)43-19-28-16-34-21-44-28)18-27(40)15-35-32(41)30-14-26(36-20-37-30)13-23-11-25(12-23)33(42)39-8-3-2-4-9-39/h5-6,14,16,20-21,23,25,27,40H,2-4,7-13,15,17-19H2,1H3,(H,35,41)/t23?,25?,27-/m0/s1. The van der Waals surface area contributed by atoms with Gasteiger partial charge in [0, 0.05) is 50.9 Å². The molecule has 1 aliphatic carbocycles. The summed E-state index contributed by atoms with van der Waals surface area (Å²) in [6.45, 7) is 6.34. The molecule has 1 aromatic carbocycles. The van der Waals surface area contributed by atoms with E-state index in [0.717, 1.165) is 81.7 Å². The van der Waals surface area contributed by atoms with Gasteiger partial charge in [0.1, 0.15) is 24.4 Å². The lowest BCUT2D eigenvalue weighted by molar-refractivity contribution is -0.140. The second kappa shape index (κ2) is 13.9. The second-order valence-corrected chi connectivity index (χ2v) is 12.5. The fourth-order valence-electron chi connectivity index (χ4n) is 6.72. The lowest BCUT2D eigenvalue weighted by Crippen LogP contribution is -2.44. The fourth-order valence-corrected chi connectivity index (χ4v) is 6.72. The van der Waals surface area contributed by atoms with Gasteiger partial charge in [-0.2, -0.15) is 0 Å².